The van der Waals surface area contributed by atoms with Crippen LogP contribution >= 0.6 is 0 Å². The number of carbonyl (C=O) groups is 5. The van der Waals surface area contributed by atoms with Crippen LogP contribution in [0.15, 0.2) is 12.2 Å². The fourth-order valence-corrected chi connectivity index (χ4v) is 5.14. The third-order valence-corrected chi connectivity index (χ3v) is 6.91. The molecule has 2 heterocycles. The number of nitrogens with one attached hydrogen (secondary N) is 1. The van der Waals surface area contributed by atoms with Crippen molar-refractivity contribution in [2.75, 3.05) is 32.7 Å². The van der Waals surface area contributed by atoms with Crippen molar-refractivity contribution in [3.05, 3.63) is 12.2 Å². The molecule has 2 rings (SSSR count). The number of nitrogens with two attached hydrogens (primary N) is 1. The first-order valence-corrected chi connectivity index (χ1v) is 13.0. The van der Waals surface area contributed by atoms with E-state index in [1.807, 2.05) is 34.6 Å². The van der Waals surface area contributed by atoms with Crippen LogP contribution in [-0.2, 0) is 24.0 Å². The van der Waals surface area contributed by atoms with Crippen LogP contribution in [0.25, 0.3) is 0 Å². The highest BCUT2D eigenvalue weighted by molar-refractivity contribution is 6.13. The molecule has 0 aromatic rings. The van der Waals surface area contributed by atoms with Gasteiger partial charge in [0.05, 0.1) is 6.04 Å². The second-order valence-electron chi connectivity index (χ2n) is 12.9. The van der Waals surface area contributed by atoms with Gasteiger partial charge in [-0.2, -0.15) is 0 Å². The van der Waals surface area contributed by atoms with Crippen LogP contribution < -0.4 is 11.1 Å². The number of nitrogens with zero attached hydrogens (tertiary/aromatic N) is 3. The van der Waals surface area contributed by atoms with Gasteiger partial charge in [-0.1, -0.05) is 41.5 Å². The Kier molecular flexibility index (Phi) is 9.33. The summed E-state index contributed by atoms with van der Waals surface area (Å²) in [6.45, 7) is 17.1. The number of carbonyl (C=O) groups excluding carboxylic acids is 5. The van der Waals surface area contributed by atoms with Crippen molar-refractivity contribution >= 4 is 29.5 Å². The third-order valence-electron chi connectivity index (χ3n) is 6.91. The molecule has 0 aromatic heterocycles. The van der Waals surface area contributed by atoms with Gasteiger partial charge in [-0.05, 0) is 32.1 Å². The van der Waals surface area contributed by atoms with Gasteiger partial charge in [0.1, 0.15) is 0 Å². The summed E-state index contributed by atoms with van der Waals surface area (Å²) in [5.41, 5.74) is 4.47. The van der Waals surface area contributed by atoms with Crippen molar-refractivity contribution in [2.24, 2.45) is 22.5 Å². The molecule has 2 atom stereocenters. The molecule has 0 radical (unpaired) electrons. The van der Waals surface area contributed by atoms with Crippen molar-refractivity contribution in [1.29, 1.82) is 0 Å². The molecule has 2 aliphatic heterocycles. The highest BCUT2D eigenvalue weighted by Crippen LogP contribution is 2.35. The summed E-state index contributed by atoms with van der Waals surface area (Å²) >= 11 is 0. The summed E-state index contributed by atoms with van der Waals surface area (Å²) in [6.07, 6.45) is 3.05. The van der Waals surface area contributed by atoms with Gasteiger partial charge >= 0.3 is 0 Å². The maximum absolute atomic E-state index is 13.4. The summed E-state index contributed by atoms with van der Waals surface area (Å²) in [4.78, 5) is 67.6. The molecule has 3 N–H and O–H groups in total. The molecule has 0 aromatic carbocycles. The average molecular weight is 520 g/mol. The van der Waals surface area contributed by atoms with E-state index < -0.39 is 22.9 Å². The molecule has 0 aliphatic carbocycles. The zero-order valence-electron chi connectivity index (χ0n) is 23.7. The summed E-state index contributed by atoms with van der Waals surface area (Å²) < 4.78 is 0. The summed E-state index contributed by atoms with van der Waals surface area (Å²) in [5, 5.41) is 2.91. The van der Waals surface area contributed by atoms with E-state index >= 15 is 0 Å². The minimum atomic E-state index is -0.836. The van der Waals surface area contributed by atoms with Crippen LogP contribution in [0.5, 0.6) is 0 Å². The van der Waals surface area contributed by atoms with Crippen LogP contribution in [0.3, 0.4) is 0 Å². The molecule has 1 saturated heterocycles. The van der Waals surface area contributed by atoms with Crippen LogP contribution in [0.2, 0.25) is 0 Å². The first-order valence-electron chi connectivity index (χ1n) is 13.0. The van der Waals surface area contributed by atoms with Gasteiger partial charge in [-0.15, -0.1) is 0 Å². The lowest BCUT2D eigenvalue weighted by atomic mass is 9.78. The van der Waals surface area contributed by atoms with Gasteiger partial charge in [0.25, 0.3) is 11.8 Å². The minimum Gasteiger partial charge on any atom is -0.355 e. The number of hydrogen-bond acceptors (Lipinski definition) is 6. The molecule has 0 saturated carbocycles. The molecular formula is C27H45N5O5. The molecule has 2 unspecified atom stereocenters. The van der Waals surface area contributed by atoms with E-state index in [4.69, 9.17) is 5.73 Å². The predicted molar refractivity (Wildman–Crippen MR) is 141 cm³/mol. The molecule has 5 amide bonds. The lowest BCUT2D eigenvalue weighted by Gasteiger charge is -2.43. The van der Waals surface area contributed by atoms with E-state index in [2.05, 4.69) is 5.32 Å². The molecule has 10 heteroatoms. The number of piperazine rings is 1. The number of rotatable bonds is 9. The molecule has 1 fully saturated rings. The minimum absolute atomic E-state index is 0.0328. The Bertz CT molecular complexity index is 923. The monoisotopic (exact) mass is 519 g/mol. The first kappa shape index (κ1) is 30.5. The molecule has 10 nitrogen and oxygen atoms in total. The van der Waals surface area contributed by atoms with E-state index in [9.17, 15) is 24.0 Å². The first-order chi connectivity index (χ1) is 16.9. The van der Waals surface area contributed by atoms with Crippen molar-refractivity contribution in [3.63, 3.8) is 0 Å². The Morgan fingerprint density at radius 2 is 1.41 bits per heavy atom. The standard InChI is InChI=1S/C27H45N5O5/c1-18(22(35)29-17-25(2,3)4)15-19(28)23(36)30-11-13-31(14-12-30)24(37)26(5,6)16-27(7,8)32-20(33)9-10-21(32)34/h9-10,18-19H,11-17,28H2,1-8H3,(H,29,35). The van der Waals surface area contributed by atoms with E-state index in [1.165, 1.54) is 17.1 Å². The number of hydrogen-bond donors (Lipinski definition) is 2. The van der Waals surface area contributed by atoms with Crippen LogP contribution in [0.4, 0.5) is 0 Å². The van der Waals surface area contributed by atoms with Gasteiger partial charge in [0, 0.05) is 61.7 Å². The zero-order valence-corrected chi connectivity index (χ0v) is 23.7. The van der Waals surface area contributed by atoms with E-state index in [0.717, 1.165) is 0 Å². The topological polar surface area (TPSA) is 133 Å². The van der Waals surface area contributed by atoms with Gasteiger partial charge in [0.2, 0.25) is 17.7 Å². The molecule has 37 heavy (non-hydrogen) atoms. The van der Waals surface area contributed by atoms with Crippen LogP contribution in [0.1, 0.15) is 68.2 Å². The normalized spacial score (nSPS) is 18.8. The Balaban J connectivity index is 1.89. The smallest absolute Gasteiger partial charge is 0.254 e. The Morgan fingerprint density at radius 1 is 0.919 bits per heavy atom. The molecule has 0 bridgehead atoms. The lowest BCUT2D eigenvalue weighted by Crippen LogP contribution is -2.58. The largest absolute Gasteiger partial charge is 0.355 e. The quantitative estimate of drug-likeness (QED) is 0.441. The maximum Gasteiger partial charge on any atom is 0.254 e. The van der Waals surface area contributed by atoms with E-state index in [1.54, 1.807) is 30.6 Å². The van der Waals surface area contributed by atoms with Gasteiger partial charge < -0.3 is 20.9 Å². The fourth-order valence-electron chi connectivity index (χ4n) is 5.14. The average Bonchev–Trinajstić information content (AvgIpc) is 3.13. The van der Waals surface area contributed by atoms with E-state index in [-0.39, 0.29) is 41.4 Å². The Labute approximate surface area is 221 Å². The predicted octanol–water partition coefficient (Wildman–Crippen LogP) is 1.29. The second kappa shape index (κ2) is 11.3. The zero-order chi connectivity index (χ0) is 28.3. The lowest BCUT2D eigenvalue weighted by molar-refractivity contribution is -0.151. The van der Waals surface area contributed by atoms with Gasteiger partial charge in [-0.25, -0.2) is 0 Å². The van der Waals surface area contributed by atoms with Crippen molar-refractivity contribution in [1.82, 2.24) is 20.0 Å². The van der Waals surface area contributed by atoms with Gasteiger partial charge in [-0.3, -0.25) is 28.9 Å². The highest BCUT2D eigenvalue weighted by atomic mass is 16.2. The summed E-state index contributed by atoms with van der Waals surface area (Å²) in [5.74, 6) is -1.56. The maximum atomic E-state index is 13.4. The van der Waals surface area contributed by atoms with Gasteiger partial charge in [0.15, 0.2) is 0 Å². The Morgan fingerprint density at radius 3 is 1.89 bits per heavy atom. The molecule has 0 spiro atoms. The fraction of sp³-hybridized carbons (Fsp3) is 0.741. The summed E-state index contributed by atoms with van der Waals surface area (Å²) in [6, 6.07) is -0.793. The van der Waals surface area contributed by atoms with Crippen molar-refractivity contribution in [3.8, 4) is 0 Å². The third kappa shape index (κ3) is 7.87. The van der Waals surface area contributed by atoms with Crippen LogP contribution in [-0.4, -0.2) is 88.5 Å². The number of imide groups is 1. The van der Waals surface area contributed by atoms with E-state index in [0.29, 0.717) is 39.1 Å². The Hall–Kier alpha value is -2.75. The van der Waals surface area contributed by atoms with Crippen molar-refractivity contribution < 1.29 is 24.0 Å². The molecule has 2 aliphatic rings. The molecular weight excluding hydrogens is 474 g/mol. The molecule has 208 valence electrons. The SMILES string of the molecule is CC(CC(N)C(=O)N1CCN(C(=O)C(C)(C)CC(C)(C)N2C(=O)C=CC2=O)CC1)C(=O)NCC(C)(C)C. The second-order valence-corrected chi connectivity index (χ2v) is 12.9. The van der Waals surface area contributed by atoms with Crippen LogP contribution in [0, 0.1) is 16.7 Å². The summed E-state index contributed by atoms with van der Waals surface area (Å²) in [7, 11) is 0. The number of amides is 5. The van der Waals surface area contributed by atoms with Crippen molar-refractivity contribution in [2.45, 2.75) is 79.8 Å². The highest BCUT2D eigenvalue weighted by Gasteiger charge is 2.44.